The first kappa shape index (κ1) is 16.7. The quantitative estimate of drug-likeness (QED) is 0.688. The second-order valence-electron chi connectivity index (χ2n) is 6.44. The molecule has 3 aromatic rings. The van der Waals surface area contributed by atoms with E-state index < -0.39 is 0 Å². The Hall–Kier alpha value is -2.79. The summed E-state index contributed by atoms with van der Waals surface area (Å²) in [6.07, 6.45) is 1.59. The van der Waals surface area contributed by atoms with Gasteiger partial charge in [-0.1, -0.05) is 17.7 Å². The maximum Gasteiger partial charge on any atom is 0.254 e. The van der Waals surface area contributed by atoms with Crippen LogP contribution < -0.4 is 4.90 Å². The van der Waals surface area contributed by atoms with E-state index in [1.165, 1.54) is 0 Å². The molecule has 0 aliphatic carbocycles. The van der Waals surface area contributed by atoms with Crippen LogP contribution in [-0.2, 0) is 4.79 Å². The zero-order valence-electron chi connectivity index (χ0n) is 14.2. The van der Waals surface area contributed by atoms with Gasteiger partial charge < -0.3 is 14.2 Å². The van der Waals surface area contributed by atoms with Crippen molar-refractivity contribution in [1.82, 2.24) is 4.90 Å². The van der Waals surface area contributed by atoms with E-state index in [0.717, 1.165) is 16.7 Å². The minimum Gasteiger partial charge on any atom is -0.464 e. The first-order valence-corrected chi connectivity index (χ1v) is 8.75. The van der Waals surface area contributed by atoms with Crippen molar-refractivity contribution in [2.75, 3.05) is 18.0 Å². The van der Waals surface area contributed by atoms with E-state index in [9.17, 15) is 9.59 Å². The molecule has 1 fully saturated rings. The Bertz CT molecular complexity index is 997. The number of hydrogen-bond acceptors (Lipinski definition) is 3. The minimum absolute atomic E-state index is 0.0376. The average Bonchev–Trinajstić information content (AvgIpc) is 3.10. The first-order valence-electron chi connectivity index (χ1n) is 8.37. The SMILES string of the molecule is C[C@@H]1CN(c2cccc(Cl)c2)C(=O)CN1C(=O)c1ccc2occc2c1. The van der Waals surface area contributed by atoms with Crippen LogP contribution in [0, 0.1) is 0 Å². The zero-order valence-corrected chi connectivity index (χ0v) is 14.9. The van der Waals surface area contributed by atoms with Gasteiger partial charge in [0.1, 0.15) is 12.1 Å². The van der Waals surface area contributed by atoms with Crippen molar-refractivity contribution >= 4 is 40.1 Å². The lowest BCUT2D eigenvalue weighted by Crippen LogP contribution is -2.57. The Labute approximate surface area is 155 Å². The van der Waals surface area contributed by atoms with Crippen molar-refractivity contribution in [2.45, 2.75) is 13.0 Å². The number of benzene rings is 2. The Morgan fingerprint density at radius 3 is 2.85 bits per heavy atom. The number of nitrogens with zero attached hydrogens (tertiary/aromatic N) is 2. The Morgan fingerprint density at radius 1 is 1.19 bits per heavy atom. The predicted molar refractivity (Wildman–Crippen MR) is 101 cm³/mol. The molecule has 5 nitrogen and oxygen atoms in total. The summed E-state index contributed by atoms with van der Waals surface area (Å²) < 4.78 is 5.31. The highest BCUT2D eigenvalue weighted by Crippen LogP contribution is 2.25. The Kier molecular flexibility index (Phi) is 4.17. The predicted octanol–water partition coefficient (Wildman–Crippen LogP) is 3.96. The average molecular weight is 369 g/mol. The molecule has 0 spiro atoms. The third kappa shape index (κ3) is 2.95. The van der Waals surface area contributed by atoms with Crippen molar-refractivity contribution in [2.24, 2.45) is 0 Å². The molecule has 2 amide bonds. The number of rotatable bonds is 2. The largest absolute Gasteiger partial charge is 0.464 e. The van der Waals surface area contributed by atoms with Crippen molar-refractivity contribution in [3.8, 4) is 0 Å². The molecule has 0 radical (unpaired) electrons. The van der Waals surface area contributed by atoms with Gasteiger partial charge in [-0.3, -0.25) is 9.59 Å². The number of halogens is 1. The number of carbonyl (C=O) groups excluding carboxylic acids is 2. The molecule has 0 N–H and O–H groups in total. The topological polar surface area (TPSA) is 53.8 Å². The number of hydrogen-bond donors (Lipinski definition) is 0. The summed E-state index contributed by atoms with van der Waals surface area (Å²) in [6, 6.07) is 14.2. The lowest BCUT2D eigenvalue weighted by atomic mass is 10.1. The molecule has 132 valence electrons. The highest BCUT2D eigenvalue weighted by atomic mass is 35.5. The second-order valence-corrected chi connectivity index (χ2v) is 6.88. The van der Waals surface area contributed by atoms with Gasteiger partial charge in [-0.15, -0.1) is 0 Å². The fourth-order valence-electron chi connectivity index (χ4n) is 3.28. The molecular weight excluding hydrogens is 352 g/mol. The van der Waals surface area contributed by atoms with Crippen LogP contribution in [0.25, 0.3) is 11.0 Å². The minimum atomic E-state index is -0.153. The standard InChI is InChI=1S/C20H17ClN2O3/c1-13-11-23(17-4-2-3-16(21)10-17)19(24)12-22(13)20(25)15-5-6-18-14(9-15)7-8-26-18/h2-10,13H,11-12H2,1H3/t13-/m1/s1. The fraction of sp³-hybridized carbons (Fsp3) is 0.200. The van der Waals surface area contributed by atoms with Gasteiger partial charge in [0.25, 0.3) is 5.91 Å². The van der Waals surface area contributed by atoms with Crippen molar-refractivity contribution < 1.29 is 14.0 Å². The maximum absolute atomic E-state index is 12.9. The molecule has 1 atom stereocenters. The van der Waals surface area contributed by atoms with E-state index in [1.54, 1.807) is 46.4 Å². The Balaban J connectivity index is 1.57. The van der Waals surface area contributed by atoms with E-state index in [0.29, 0.717) is 17.1 Å². The normalized spacial score (nSPS) is 17.8. The molecule has 0 unspecified atom stereocenters. The van der Waals surface area contributed by atoms with Crippen molar-refractivity contribution in [3.05, 3.63) is 65.4 Å². The van der Waals surface area contributed by atoms with Crippen LogP contribution in [-0.4, -0.2) is 35.8 Å². The van der Waals surface area contributed by atoms with Gasteiger partial charge >= 0.3 is 0 Å². The van der Waals surface area contributed by atoms with Gasteiger partial charge in [-0.05, 0) is 49.4 Å². The van der Waals surface area contributed by atoms with E-state index in [2.05, 4.69) is 0 Å². The monoisotopic (exact) mass is 368 g/mol. The highest BCUT2D eigenvalue weighted by Gasteiger charge is 2.33. The van der Waals surface area contributed by atoms with Gasteiger partial charge in [-0.25, -0.2) is 0 Å². The van der Waals surface area contributed by atoms with Crippen LogP contribution in [0.15, 0.2) is 59.2 Å². The molecule has 0 bridgehead atoms. The van der Waals surface area contributed by atoms with Crippen LogP contribution in [0.1, 0.15) is 17.3 Å². The molecule has 2 aromatic carbocycles. The van der Waals surface area contributed by atoms with Gasteiger partial charge in [0.2, 0.25) is 5.91 Å². The van der Waals surface area contributed by atoms with Crippen molar-refractivity contribution in [3.63, 3.8) is 0 Å². The molecule has 26 heavy (non-hydrogen) atoms. The van der Waals surface area contributed by atoms with E-state index in [4.69, 9.17) is 16.0 Å². The maximum atomic E-state index is 12.9. The fourth-order valence-corrected chi connectivity index (χ4v) is 3.47. The van der Waals surface area contributed by atoms with E-state index >= 15 is 0 Å². The van der Waals surface area contributed by atoms with Crippen LogP contribution >= 0.6 is 11.6 Å². The number of amides is 2. The molecule has 1 aliphatic rings. The molecule has 4 rings (SSSR count). The van der Waals surface area contributed by atoms with Crippen LogP contribution in [0.5, 0.6) is 0 Å². The molecule has 1 aromatic heterocycles. The van der Waals surface area contributed by atoms with E-state index in [-0.39, 0.29) is 24.4 Å². The van der Waals surface area contributed by atoms with Gasteiger partial charge in [-0.2, -0.15) is 0 Å². The lowest BCUT2D eigenvalue weighted by Gasteiger charge is -2.39. The molecule has 0 saturated carbocycles. The third-order valence-electron chi connectivity index (χ3n) is 4.67. The highest BCUT2D eigenvalue weighted by molar-refractivity contribution is 6.31. The summed E-state index contributed by atoms with van der Waals surface area (Å²) in [6.45, 7) is 2.41. The third-order valence-corrected chi connectivity index (χ3v) is 4.90. The van der Waals surface area contributed by atoms with Crippen LogP contribution in [0.2, 0.25) is 5.02 Å². The number of fused-ring (bicyclic) bond motifs is 1. The Morgan fingerprint density at radius 2 is 2.04 bits per heavy atom. The summed E-state index contributed by atoms with van der Waals surface area (Å²) in [5.41, 5.74) is 2.03. The van der Waals surface area contributed by atoms with Crippen LogP contribution in [0.3, 0.4) is 0 Å². The number of piperazine rings is 1. The zero-order chi connectivity index (χ0) is 18.3. The van der Waals surface area contributed by atoms with Crippen LogP contribution in [0.4, 0.5) is 5.69 Å². The van der Waals surface area contributed by atoms with Crippen molar-refractivity contribution in [1.29, 1.82) is 0 Å². The molecule has 6 heteroatoms. The second kappa shape index (κ2) is 6.50. The summed E-state index contributed by atoms with van der Waals surface area (Å²) >= 11 is 6.04. The lowest BCUT2D eigenvalue weighted by molar-refractivity contribution is -0.121. The van der Waals surface area contributed by atoms with Gasteiger partial charge in [0.05, 0.1) is 6.26 Å². The van der Waals surface area contributed by atoms with Gasteiger partial charge in [0.15, 0.2) is 0 Å². The molecule has 1 aliphatic heterocycles. The number of furan rings is 1. The van der Waals surface area contributed by atoms with Gasteiger partial charge in [0, 0.05) is 34.2 Å². The first-order chi connectivity index (χ1) is 12.5. The number of carbonyl (C=O) groups is 2. The molecular formula is C20H17ClN2O3. The van der Waals surface area contributed by atoms with E-state index in [1.807, 2.05) is 25.1 Å². The molecule has 1 saturated heterocycles. The summed E-state index contributed by atoms with van der Waals surface area (Å²) in [4.78, 5) is 28.9. The molecule has 2 heterocycles. The summed E-state index contributed by atoms with van der Waals surface area (Å²) in [5.74, 6) is -0.275. The summed E-state index contributed by atoms with van der Waals surface area (Å²) in [5, 5.41) is 1.45. The number of anilines is 1. The smallest absolute Gasteiger partial charge is 0.254 e. The summed E-state index contributed by atoms with van der Waals surface area (Å²) in [7, 11) is 0.